The van der Waals surface area contributed by atoms with Gasteiger partial charge in [-0.15, -0.1) is 0 Å². The normalized spacial score (nSPS) is 10.4. The van der Waals surface area contributed by atoms with E-state index in [1.54, 1.807) is 12.3 Å². The Hall–Kier alpha value is -1.42. The van der Waals surface area contributed by atoms with Gasteiger partial charge in [0.1, 0.15) is 5.82 Å². The van der Waals surface area contributed by atoms with E-state index < -0.39 is 0 Å². The van der Waals surface area contributed by atoms with Crippen LogP contribution in [0.4, 0.5) is 10.1 Å². The van der Waals surface area contributed by atoms with Crippen molar-refractivity contribution in [1.29, 1.82) is 0 Å². The standard InChI is InChI=1S/C14H14BrFN2/c1-18(10-11-3-2-6-17-9-11)14-5-4-13(16)7-12(14)8-15/h2-7,9H,8,10H2,1H3. The van der Waals surface area contributed by atoms with Crippen molar-refractivity contribution >= 4 is 21.6 Å². The molecule has 0 saturated carbocycles. The Morgan fingerprint density at radius 2 is 2.17 bits per heavy atom. The topological polar surface area (TPSA) is 16.1 Å². The fraction of sp³-hybridized carbons (Fsp3) is 0.214. The first-order valence-corrected chi connectivity index (χ1v) is 6.77. The third kappa shape index (κ3) is 3.07. The van der Waals surface area contributed by atoms with Gasteiger partial charge >= 0.3 is 0 Å². The van der Waals surface area contributed by atoms with Gasteiger partial charge in [-0.3, -0.25) is 4.98 Å². The molecule has 0 N–H and O–H groups in total. The molecule has 0 aliphatic heterocycles. The molecule has 0 radical (unpaired) electrons. The molecule has 0 aliphatic carbocycles. The van der Waals surface area contributed by atoms with Crippen LogP contribution < -0.4 is 4.90 Å². The average Bonchev–Trinajstić information content (AvgIpc) is 2.39. The highest BCUT2D eigenvalue weighted by Crippen LogP contribution is 2.24. The highest BCUT2D eigenvalue weighted by molar-refractivity contribution is 9.08. The zero-order valence-corrected chi connectivity index (χ0v) is 11.7. The number of hydrogen-bond donors (Lipinski definition) is 0. The lowest BCUT2D eigenvalue weighted by Gasteiger charge is -2.22. The number of pyridine rings is 1. The minimum absolute atomic E-state index is 0.206. The molecular formula is C14H14BrFN2. The molecule has 1 heterocycles. The molecule has 0 atom stereocenters. The third-order valence-corrected chi connectivity index (χ3v) is 3.34. The van der Waals surface area contributed by atoms with Crippen molar-refractivity contribution in [2.45, 2.75) is 11.9 Å². The quantitative estimate of drug-likeness (QED) is 0.800. The number of halogens is 2. The van der Waals surface area contributed by atoms with Gasteiger partial charge in [0.25, 0.3) is 0 Å². The van der Waals surface area contributed by atoms with Gasteiger partial charge < -0.3 is 4.90 Å². The fourth-order valence-electron chi connectivity index (χ4n) is 1.88. The first kappa shape index (κ1) is 13.0. The minimum atomic E-state index is -0.206. The molecule has 0 amide bonds. The molecule has 2 aromatic rings. The van der Waals surface area contributed by atoms with E-state index in [4.69, 9.17) is 0 Å². The SMILES string of the molecule is CN(Cc1cccnc1)c1ccc(F)cc1CBr. The summed E-state index contributed by atoms with van der Waals surface area (Å²) in [5.41, 5.74) is 3.10. The summed E-state index contributed by atoms with van der Waals surface area (Å²) in [4.78, 5) is 6.18. The lowest BCUT2D eigenvalue weighted by atomic mass is 10.1. The van der Waals surface area contributed by atoms with E-state index in [0.717, 1.165) is 23.4 Å². The zero-order chi connectivity index (χ0) is 13.0. The molecule has 0 saturated heterocycles. The Morgan fingerprint density at radius 1 is 1.33 bits per heavy atom. The molecule has 4 heteroatoms. The van der Waals surface area contributed by atoms with Crippen molar-refractivity contribution in [2.24, 2.45) is 0 Å². The van der Waals surface area contributed by atoms with E-state index in [0.29, 0.717) is 5.33 Å². The summed E-state index contributed by atoms with van der Waals surface area (Å²) in [5.74, 6) is -0.206. The maximum atomic E-state index is 13.2. The second-order valence-electron chi connectivity index (χ2n) is 4.12. The summed E-state index contributed by atoms with van der Waals surface area (Å²) in [6, 6.07) is 8.80. The van der Waals surface area contributed by atoms with Gasteiger partial charge in [-0.2, -0.15) is 0 Å². The van der Waals surface area contributed by atoms with Crippen LogP contribution in [0.3, 0.4) is 0 Å². The number of aromatic nitrogens is 1. The maximum Gasteiger partial charge on any atom is 0.123 e. The number of anilines is 1. The van der Waals surface area contributed by atoms with Crippen LogP contribution >= 0.6 is 15.9 Å². The highest BCUT2D eigenvalue weighted by atomic mass is 79.9. The summed E-state index contributed by atoms with van der Waals surface area (Å²) in [6.07, 6.45) is 3.60. The summed E-state index contributed by atoms with van der Waals surface area (Å²) in [6.45, 7) is 0.749. The summed E-state index contributed by atoms with van der Waals surface area (Å²) in [5, 5.41) is 0.636. The summed E-state index contributed by atoms with van der Waals surface area (Å²) < 4.78 is 13.2. The molecule has 1 aromatic carbocycles. The highest BCUT2D eigenvalue weighted by Gasteiger charge is 2.08. The first-order chi connectivity index (χ1) is 8.70. The van der Waals surface area contributed by atoms with Crippen molar-refractivity contribution in [3.63, 3.8) is 0 Å². The fourth-order valence-corrected chi connectivity index (χ4v) is 2.33. The predicted octanol–water partition coefficient (Wildman–Crippen LogP) is 3.75. The Morgan fingerprint density at radius 3 is 2.83 bits per heavy atom. The van der Waals surface area contributed by atoms with E-state index >= 15 is 0 Å². The zero-order valence-electron chi connectivity index (χ0n) is 10.1. The second kappa shape index (κ2) is 5.96. The van der Waals surface area contributed by atoms with Crippen LogP contribution in [0.2, 0.25) is 0 Å². The molecule has 94 valence electrons. The van der Waals surface area contributed by atoms with Gasteiger partial charge in [-0.05, 0) is 35.4 Å². The molecule has 18 heavy (non-hydrogen) atoms. The molecule has 0 bridgehead atoms. The number of benzene rings is 1. The van der Waals surface area contributed by atoms with Crippen LogP contribution in [-0.4, -0.2) is 12.0 Å². The Bertz CT molecular complexity index is 516. The molecular weight excluding hydrogens is 295 g/mol. The minimum Gasteiger partial charge on any atom is -0.370 e. The molecule has 0 fully saturated rings. The van der Waals surface area contributed by atoms with Gasteiger partial charge in [0.05, 0.1) is 0 Å². The predicted molar refractivity (Wildman–Crippen MR) is 75.4 cm³/mol. The van der Waals surface area contributed by atoms with Crippen LogP contribution in [0.15, 0.2) is 42.7 Å². The van der Waals surface area contributed by atoms with Gasteiger partial charge in [-0.1, -0.05) is 22.0 Å². The Kier molecular flexibility index (Phi) is 4.31. The second-order valence-corrected chi connectivity index (χ2v) is 4.68. The number of hydrogen-bond acceptors (Lipinski definition) is 2. The Balaban J connectivity index is 2.21. The van der Waals surface area contributed by atoms with Crippen LogP contribution in [0.25, 0.3) is 0 Å². The van der Waals surface area contributed by atoms with E-state index in [-0.39, 0.29) is 5.82 Å². The molecule has 0 unspecified atom stereocenters. The lowest BCUT2D eigenvalue weighted by Crippen LogP contribution is -2.18. The van der Waals surface area contributed by atoms with Gasteiger partial charge in [0, 0.05) is 37.0 Å². The van der Waals surface area contributed by atoms with Crippen LogP contribution in [0.5, 0.6) is 0 Å². The largest absolute Gasteiger partial charge is 0.370 e. The van der Waals surface area contributed by atoms with Crippen molar-refractivity contribution < 1.29 is 4.39 Å². The van der Waals surface area contributed by atoms with Crippen molar-refractivity contribution in [2.75, 3.05) is 11.9 Å². The third-order valence-electron chi connectivity index (χ3n) is 2.74. The van der Waals surface area contributed by atoms with E-state index in [1.165, 1.54) is 6.07 Å². The van der Waals surface area contributed by atoms with Crippen molar-refractivity contribution in [1.82, 2.24) is 4.98 Å². The van der Waals surface area contributed by atoms with Gasteiger partial charge in [0.15, 0.2) is 0 Å². The monoisotopic (exact) mass is 308 g/mol. The van der Waals surface area contributed by atoms with Crippen LogP contribution in [-0.2, 0) is 11.9 Å². The molecule has 2 rings (SSSR count). The van der Waals surface area contributed by atoms with E-state index in [1.807, 2.05) is 31.4 Å². The maximum absolute atomic E-state index is 13.2. The molecule has 1 aromatic heterocycles. The molecule has 0 aliphatic rings. The molecule has 2 nitrogen and oxygen atoms in total. The van der Waals surface area contributed by atoms with Crippen molar-refractivity contribution in [3.8, 4) is 0 Å². The van der Waals surface area contributed by atoms with E-state index in [2.05, 4.69) is 25.8 Å². The molecule has 0 spiro atoms. The summed E-state index contributed by atoms with van der Waals surface area (Å²) in [7, 11) is 1.99. The van der Waals surface area contributed by atoms with Crippen molar-refractivity contribution in [3.05, 3.63) is 59.7 Å². The number of alkyl halides is 1. The Labute approximate surface area is 115 Å². The number of rotatable bonds is 4. The lowest BCUT2D eigenvalue weighted by molar-refractivity contribution is 0.626. The smallest absolute Gasteiger partial charge is 0.123 e. The average molecular weight is 309 g/mol. The van der Waals surface area contributed by atoms with Gasteiger partial charge in [0.2, 0.25) is 0 Å². The van der Waals surface area contributed by atoms with Crippen LogP contribution in [0.1, 0.15) is 11.1 Å². The van der Waals surface area contributed by atoms with E-state index in [9.17, 15) is 4.39 Å². The first-order valence-electron chi connectivity index (χ1n) is 5.65. The van der Waals surface area contributed by atoms with Gasteiger partial charge in [-0.25, -0.2) is 4.39 Å². The summed E-state index contributed by atoms with van der Waals surface area (Å²) >= 11 is 3.39. The number of nitrogens with zero attached hydrogens (tertiary/aromatic N) is 2. The van der Waals surface area contributed by atoms with Crippen LogP contribution in [0, 0.1) is 5.82 Å².